The van der Waals surface area contributed by atoms with E-state index in [0.717, 1.165) is 4.88 Å². The average Bonchev–Trinajstić information content (AvgIpc) is 2.67. The van der Waals surface area contributed by atoms with Crippen LogP contribution in [0.5, 0.6) is 0 Å². The molecule has 0 aliphatic carbocycles. The van der Waals surface area contributed by atoms with Crippen LogP contribution in [0, 0.1) is 0 Å². The van der Waals surface area contributed by atoms with Crippen molar-refractivity contribution in [1.29, 1.82) is 0 Å². The highest BCUT2D eigenvalue weighted by atomic mass is 35.5. The zero-order valence-corrected chi connectivity index (χ0v) is 11.0. The number of benzene rings is 1. The lowest BCUT2D eigenvalue weighted by Crippen LogP contribution is -1.97. The van der Waals surface area contributed by atoms with E-state index in [-0.39, 0.29) is 0 Å². The first kappa shape index (κ1) is 12.2. The first-order chi connectivity index (χ1) is 7.58. The van der Waals surface area contributed by atoms with Gasteiger partial charge in [-0.05, 0) is 24.3 Å². The molecule has 2 aromatic rings. The van der Waals surface area contributed by atoms with Crippen LogP contribution < -0.4 is 0 Å². The van der Waals surface area contributed by atoms with E-state index in [0.29, 0.717) is 20.6 Å². The fraction of sp³-hybridized carbons (Fsp3) is 0.0909. The maximum absolute atomic E-state index is 10.1. The van der Waals surface area contributed by atoms with Crippen LogP contribution in [-0.2, 0) is 0 Å². The molecule has 0 amide bonds. The molecular formula is C11H7Cl3OS. The van der Waals surface area contributed by atoms with Gasteiger partial charge in [-0.3, -0.25) is 0 Å². The lowest BCUT2D eigenvalue weighted by atomic mass is 10.1. The van der Waals surface area contributed by atoms with Crippen molar-refractivity contribution in [3.63, 3.8) is 0 Å². The van der Waals surface area contributed by atoms with Crippen LogP contribution >= 0.6 is 46.1 Å². The van der Waals surface area contributed by atoms with Crippen molar-refractivity contribution in [2.75, 3.05) is 0 Å². The summed E-state index contributed by atoms with van der Waals surface area (Å²) >= 11 is 19.0. The van der Waals surface area contributed by atoms with E-state index in [2.05, 4.69) is 0 Å². The van der Waals surface area contributed by atoms with Crippen LogP contribution in [0.15, 0.2) is 29.6 Å². The Morgan fingerprint density at radius 1 is 1.06 bits per heavy atom. The number of aliphatic hydroxyl groups excluding tert-OH is 1. The van der Waals surface area contributed by atoms with E-state index < -0.39 is 6.10 Å². The van der Waals surface area contributed by atoms with Crippen LogP contribution in [-0.4, -0.2) is 5.11 Å². The molecule has 1 N–H and O–H groups in total. The summed E-state index contributed by atoms with van der Waals surface area (Å²) in [7, 11) is 0. The quantitative estimate of drug-likeness (QED) is 0.844. The maximum atomic E-state index is 10.1. The Morgan fingerprint density at radius 3 is 2.44 bits per heavy atom. The zero-order valence-electron chi connectivity index (χ0n) is 7.95. The molecule has 0 aliphatic heterocycles. The van der Waals surface area contributed by atoms with Crippen molar-refractivity contribution in [1.82, 2.24) is 0 Å². The predicted octanol–water partition coefficient (Wildman–Crippen LogP) is 4.79. The molecular weight excluding hydrogens is 287 g/mol. The third kappa shape index (κ3) is 2.53. The van der Waals surface area contributed by atoms with E-state index in [9.17, 15) is 5.11 Å². The molecule has 1 heterocycles. The molecule has 1 unspecified atom stereocenters. The van der Waals surface area contributed by atoms with Crippen molar-refractivity contribution in [3.05, 3.63) is 55.2 Å². The van der Waals surface area contributed by atoms with Gasteiger partial charge in [0.05, 0.1) is 5.02 Å². The van der Waals surface area contributed by atoms with Gasteiger partial charge in [0.2, 0.25) is 0 Å². The van der Waals surface area contributed by atoms with Crippen molar-refractivity contribution < 1.29 is 5.11 Å². The van der Waals surface area contributed by atoms with Gasteiger partial charge in [-0.2, -0.15) is 0 Å². The lowest BCUT2D eigenvalue weighted by molar-refractivity contribution is 0.224. The number of rotatable bonds is 2. The topological polar surface area (TPSA) is 20.2 Å². The number of hydrogen-bond donors (Lipinski definition) is 1. The first-order valence-corrected chi connectivity index (χ1v) is 6.46. The molecule has 2 rings (SSSR count). The summed E-state index contributed by atoms with van der Waals surface area (Å²) in [4.78, 5) is 0.745. The molecule has 0 saturated carbocycles. The molecule has 0 aliphatic rings. The lowest BCUT2D eigenvalue weighted by Gasteiger charge is -2.11. The molecule has 1 atom stereocenters. The predicted molar refractivity (Wildman–Crippen MR) is 69.9 cm³/mol. The fourth-order valence-corrected chi connectivity index (χ4v) is 2.83. The molecule has 5 heteroatoms. The SMILES string of the molecule is OC(c1cc(Cl)cs1)c1cc(Cl)ccc1Cl. The molecule has 0 spiro atoms. The molecule has 0 radical (unpaired) electrons. The first-order valence-electron chi connectivity index (χ1n) is 4.45. The summed E-state index contributed by atoms with van der Waals surface area (Å²) in [6, 6.07) is 6.72. The monoisotopic (exact) mass is 292 g/mol. The van der Waals surface area contributed by atoms with Gasteiger partial charge >= 0.3 is 0 Å². The second kappa shape index (κ2) is 4.94. The standard InChI is InChI=1S/C11H7Cl3OS/c12-6-1-2-9(14)8(3-6)11(15)10-4-7(13)5-16-10/h1-5,11,15H. The molecule has 16 heavy (non-hydrogen) atoms. The van der Waals surface area contributed by atoms with Crippen molar-refractivity contribution >= 4 is 46.1 Å². The minimum absolute atomic E-state index is 0.487. The Balaban J connectivity index is 2.40. The summed E-state index contributed by atoms with van der Waals surface area (Å²) in [5, 5.41) is 13.5. The van der Waals surface area contributed by atoms with E-state index in [1.165, 1.54) is 11.3 Å². The summed E-state index contributed by atoms with van der Waals surface area (Å²) in [5.74, 6) is 0. The van der Waals surface area contributed by atoms with E-state index in [4.69, 9.17) is 34.8 Å². The highest BCUT2D eigenvalue weighted by Gasteiger charge is 2.16. The third-order valence-electron chi connectivity index (χ3n) is 2.11. The van der Waals surface area contributed by atoms with Crippen molar-refractivity contribution in [2.24, 2.45) is 0 Å². The van der Waals surface area contributed by atoms with Crippen LogP contribution in [0.1, 0.15) is 16.5 Å². The molecule has 84 valence electrons. The van der Waals surface area contributed by atoms with Crippen molar-refractivity contribution in [3.8, 4) is 0 Å². The summed E-state index contributed by atoms with van der Waals surface area (Å²) in [5.41, 5.74) is 0.590. The van der Waals surface area contributed by atoms with E-state index >= 15 is 0 Å². The van der Waals surface area contributed by atoms with Gasteiger partial charge in [0.15, 0.2) is 0 Å². The number of hydrogen-bond acceptors (Lipinski definition) is 2. The smallest absolute Gasteiger partial charge is 0.115 e. The summed E-state index contributed by atoms with van der Waals surface area (Å²) < 4.78 is 0. The Bertz CT molecular complexity index is 510. The fourth-order valence-electron chi connectivity index (χ4n) is 1.35. The Morgan fingerprint density at radius 2 is 1.81 bits per heavy atom. The minimum Gasteiger partial charge on any atom is -0.383 e. The highest BCUT2D eigenvalue weighted by Crippen LogP contribution is 2.34. The molecule has 0 saturated heterocycles. The zero-order chi connectivity index (χ0) is 11.7. The summed E-state index contributed by atoms with van der Waals surface area (Å²) in [6.07, 6.45) is -0.788. The third-order valence-corrected chi connectivity index (χ3v) is 4.02. The van der Waals surface area contributed by atoms with Crippen LogP contribution in [0.4, 0.5) is 0 Å². The Kier molecular flexibility index (Phi) is 3.77. The Hall–Kier alpha value is -0.250. The molecule has 1 aromatic heterocycles. The van der Waals surface area contributed by atoms with Gasteiger partial charge in [0.1, 0.15) is 6.10 Å². The van der Waals surface area contributed by atoms with Gasteiger partial charge in [-0.15, -0.1) is 11.3 Å². The maximum Gasteiger partial charge on any atom is 0.115 e. The van der Waals surface area contributed by atoms with Gasteiger partial charge in [0.25, 0.3) is 0 Å². The summed E-state index contributed by atoms with van der Waals surface area (Å²) in [6.45, 7) is 0. The number of thiophene rings is 1. The molecule has 1 nitrogen and oxygen atoms in total. The van der Waals surface area contributed by atoms with Gasteiger partial charge < -0.3 is 5.11 Å². The van der Waals surface area contributed by atoms with Gasteiger partial charge in [-0.1, -0.05) is 34.8 Å². The highest BCUT2D eigenvalue weighted by molar-refractivity contribution is 7.10. The molecule has 1 aromatic carbocycles. The second-order valence-electron chi connectivity index (χ2n) is 3.24. The molecule has 0 bridgehead atoms. The van der Waals surface area contributed by atoms with Gasteiger partial charge in [0, 0.05) is 25.9 Å². The second-order valence-corrected chi connectivity index (χ2v) is 5.46. The largest absolute Gasteiger partial charge is 0.383 e. The van der Waals surface area contributed by atoms with Crippen molar-refractivity contribution in [2.45, 2.75) is 6.10 Å². The van der Waals surface area contributed by atoms with E-state index in [1.807, 2.05) is 0 Å². The van der Waals surface area contributed by atoms with E-state index in [1.54, 1.807) is 29.6 Å². The molecule has 0 fully saturated rings. The number of halogens is 3. The minimum atomic E-state index is -0.788. The normalized spacial score (nSPS) is 12.8. The van der Waals surface area contributed by atoms with Crippen LogP contribution in [0.3, 0.4) is 0 Å². The Labute approximate surface area is 112 Å². The van der Waals surface area contributed by atoms with Gasteiger partial charge in [-0.25, -0.2) is 0 Å². The number of aliphatic hydroxyl groups is 1. The van der Waals surface area contributed by atoms with Crippen LogP contribution in [0.25, 0.3) is 0 Å². The average molecular weight is 294 g/mol. The van der Waals surface area contributed by atoms with Crippen LogP contribution in [0.2, 0.25) is 15.1 Å².